The second-order valence-electron chi connectivity index (χ2n) is 3.50. The van der Waals surface area contributed by atoms with E-state index in [1.165, 1.54) is 38.5 Å². The summed E-state index contributed by atoms with van der Waals surface area (Å²) in [4.78, 5) is 0. The van der Waals surface area contributed by atoms with Crippen molar-refractivity contribution in [2.24, 2.45) is 0 Å². The van der Waals surface area contributed by atoms with E-state index in [0.29, 0.717) is 12.2 Å². The molecule has 2 atom stereocenters. The predicted octanol–water partition coefficient (Wildman–Crippen LogP) is 3.13. The zero-order chi connectivity index (χ0) is 8.10. The van der Waals surface area contributed by atoms with Crippen molar-refractivity contribution in [3.8, 4) is 0 Å². The predicted molar refractivity (Wildman–Crippen MR) is 47.7 cm³/mol. The van der Waals surface area contributed by atoms with E-state index in [1.807, 2.05) is 0 Å². The van der Waals surface area contributed by atoms with Crippen LogP contribution in [0.15, 0.2) is 0 Å². The van der Waals surface area contributed by atoms with Gasteiger partial charge in [0.05, 0.1) is 12.2 Å². The third-order valence-corrected chi connectivity index (χ3v) is 2.37. The van der Waals surface area contributed by atoms with Crippen LogP contribution in [0.25, 0.3) is 0 Å². The van der Waals surface area contributed by atoms with Gasteiger partial charge in [-0.25, -0.2) is 0 Å². The van der Waals surface area contributed by atoms with Crippen molar-refractivity contribution in [3.05, 3.63) is 0 Å². The van der Waals surface area contributed by atoms with Crippen LogP contribution in [-0.4, -0.2) is 12.2 Å². The lowest BCUT2D eigenvalue weighted by Gasteiger charge is -1.92. The Bertz CT molecular complexity index is 89.0. The minimum Gasteiger partial charge on any atom is -0.370 e. The molecule has 0 spiro atoms. The molecule has 11 heavy (non-hydrogen) atoms. The van der Waals surface area contributed by atoms with Crippen molar-refractivity contribution in [1.82, 2.24) is 0 Å². The summed E-state index contributed by atoms with van der Waals surface area (Å²) in [7, 11) is 0. The highest BCUT2D eigenvalue weighted by atomic mass is 16.6. The van der Waals surface area contributed by atoms with E-state index < -0.39 is 0 Å². The quantitative estimate of drug-likeness (QED) is 0.538. The van der Waals surface area contributed by atoms with Crippen LogP contribution in [-0.2, 0) is 4.74 Å². The first-order chi connectivity index (χ1) is 5.38. The minimum atomic E-state index is 0.640. The van der Waals surface area contributed by atoms with E-state index in [4.69, 9.17) is 4.74 Å². The van der Waals surface area contributed by atoms with Crippen LogP contribution in [0.2, 0.25) is 0 Å². The molecule has 0 bridgehead atoms. The van der Waals surface area contributed by atoms with Crippen LogP contribution in [0, 0.1) is 0 Å². The van der Waals surface area contributed by atoms with Crippen LogP contribution >= 0.6 is 0 Å². The lowest BCUT2D eigenvalue weighted by molar-refractivity contribution is 0.350. The summed E-state index contributed by atoms with van der Waals surface area (Å²) in [5.74, 6) is 0. The van der Waals surface area contributed by atoms with E-state index in [-0.39, 0.29) is 0 Å². The fraction of sp³-hybridized carbons (Fsp3) is 1.00. The van der Waals surface area contributed by atoms with Gasteiger partial charge in [0.15, 0.2) is 0 Å². The lowest BCUT2D eigenvalue weighted by atomic mass is 10.1. The number of hydrogen-bond donors (Lipinski definition) is 0. The Morgan fingerprint density at radius 2 is 1.36 bits per heavy atom. The molecule has 66 valence electrons. The van der Waals surface area contributed by atoms with E-state index in [9.17, 15) is 0 Å². The summed E-state index contributed by atoms with van der Waals surface area (Å²) >= 11 is 0. The van der Waals surface area contributed by atoms with Gasteiger partial charge in [-0.2, -0.15) is 0 Å². The highest BCUT2D eigenvalue weighted by molar-refractivity contribution is 4.83. The highest BCUT2D eigenvalue weighted by Crippen LogP contribution is 2.30. The number of ether oxygens (including phenoxy) is 1. The van der Waals surface area contributed by atoms with Gasteiger partial charge in [-0.3, -0.25) is 0 Å². The number of unbranched alkanes of at least 4 members (excludes halogenated alkanes) is 2. The molecule has 0 saturated carbocycles. The van der Waals surface area contributed by atoms with Crippen molar-refractivity contribution in [1.29, 1.82) is 0 Å². The topological polar surface area (TPSA) is 12.5 Å². The SMILES string of the molecule is CCCCC1O[C@H]1CCCC. The van der Waals surface area contributed by atoms with Crippen LogP contribution in [0.1, 0.15) is 52.4 Å². The third kappa shape index (κ3) is 3.24. The molecule has 0 radical (unpaired) electrons. The van der Waals surface area contributed by atoms with Gasteiger partial charge in [-0.15, -0.1) is 0 Å². The van der Waals surface area contributed by atoms with E-state index in [2.05, 4.69) is 13.8 Å². The van der Waals surface area contributed by atoms with Crippen molar-refractivity contribution in [2.75, 3.05) is 0 Å². The molecule has 1 rings (SSSR count). The average molecular weight is 156 g/mol. The van der Waals surface area contributed by atoms with E-state index in [0.717, 1.165) is 0 Å². The molecule has 0 aromatic carbocycles. The Morgan fingerprint density at radius 3 is 1.73 bits per heavy atom. The maximum Gasteiger partial charge on any atom is 0.0841 e. The Morgan fingerprint density at radius 1 is 0.909 bits per heavy atom. The molecule has 1 nitrogen and oxygen atoms in total. The van der Waals surface area contributed by atoms with Crippen LogP contribution in [0.4, 0.5) is 0 Å². The molecule has 0 aromatic rings. The minimum absolute atomic E-state index is 0.640. The van der Waals surface area contributed by atoms with Crippen LogP contribution in [0.5, 0.6) is 0 Å². The van der Waals surface area contributed by atoms with Crippen molar-refractivity contribution in [2.45, 2.75) is 64.6 Å². The monoisotopic (exact) mass is 156 g/mol. The third-order valence-electron chi connectivity index (χ3n) is 2.37. The smallest absolute Gasteiger partial charge is 0.0841 e. The maximum atomic E-state index is 5.52. The summed E-state index contributed by atoms with van der Waals surface area (Å²) < 4.78 is 5.52. The molecular weight excluding hydrogens is 136 g/mol. The largest absolute Gasteiger partial charge is 0.370 e. The standard InChI is InChI=1S/C10H20O/c1-3-5-7-9-10(11-9)8-6-4-2/h9-10H,3-8H2,1-2H3/t9-,10?/m0/s1. The first-order valence-electron chi connectivity index (χ1n) is 5.04. The summed E-state index contributed by atoms with van der Waals surface area (Å²) in [6, 6.07) is 0. The number of rotatable bonds is 6. The van der Waals surface area contributed by atoms with Gasteiger partial charge in [-0.1, -0.05) is 39.5 Å². The molecule has 0 N–H and O–H groups in total. The molecule has 1 unspecified atom stereocenters. The van der Waals surface area contributed by atoms with Crippen LogP contribution in [0.3, 0.4) is 0 Å². The first-order valence-corrected chi connectivity index (χ1v) is 5.04. The molecule has 1 heterocycles. The number of epoxide rings is 1. The van der Waals surface area contributed by atoms with Gasteiger partial charge in [0.1, 0.15) is 0 Å². The fourth-order valence-electron chi connectivity index (χ4n) is 1.50. The number of hydrogen-bond acceptors (Lipinski definition) is 1. The summed E-state index contributed by atoms with van der Waals surface area (Å²) in [6.07, 6.45) is 9.17. The zero-order valence-corrected chi connectivity index (χ0v) is 7.81. The van der Waals surface area contributed by atoms with Gasteiger partial charge < -0.3 is 4.74 Å². The van der Waals surface area contributed by atoms with Gasteiger partial charge >= 0.3 is 0 Å². The first kappa shape index (κ1) is 9.05. The lowest BCUT2D eigenvalue weighted by Crippen LogP contribution is -1.93. The molecule has 1 heteroatoms. The Kier molecular flexibility index (Phi) is 3.92. The molecule has 0 aromatic heterocycles. The van der Waals surface area contributed by atoms with Crippen molar-refractivity contribution in [3.63, 3.8) is 0 Å². The van der Waals surface area contributed by atoms with Crippen molar-refractivity contribution >= 4 is 0 Å². The van der Waals surface area contributed by atoms with Gasteiger partial charge in [0.2, 0.25) is 0 Å². The molecular formula is C10H20O. The van der Waals surface area contributed by atoms with Crippen molar-refractivity contribution < 1.29 is 4.74 Å². The van der Waals surface area contributed by atoms with Gasteiger partial charge in [0, 0.05) is 0 Å². The van der Waals surface area contributed by atoms with Crippen LogP contribution < -0.4 is 0 Å². The normalized spacial score (nSPS) is 28.9. The molecule has 1 aliphatic heterocycles. The zero-order valence-electron chi connectivity index (χ0n) is 7.81. The summed E-state index contributed by atoms with van der Waals surface area (Å²) in [5, 5.41) is 0. The fourth-order valence-corrected chi connectivity index (χ4v) is 1.50. The highest BCUT2D eigenvalue weighted by Gasteiger charge is 2.36. The second kappa shape index (κ2) is 4.76. The van der Waals surface area contributed by atoms with E-state index >= 15 is 0 Å². The Balaban J connectivity index is 1.89. The second-order valence-corrected chi connectivity index (χ2v) is 3.50. The molecule has 1 saturated heterocycles. The average Bonchev–Trinajstić information content (AvgIpc) is 2.76. The van der Waals surface area contributed by atoms with Gasteiger partial charge in [0.25, 0.3) is 0 Å². The van der Waals surface area contributed by atoms with E-state index in [1.54, 1.807) is 0 Å². The Labute approximate surface area is 70.1 Å². The summed E-state index contributed by atoms with van der Waals surface area (Å²) in [6.45, 7) is 4.48. The molecule has 0 aliphatic carbocycles. The molecule has 1 aliphatic rings. The van der Waals surface area contributed by atoms with Gasteiger partial charge in [-0.05, 0) is 12.8 Å². The molecule has 0 amide bonds. The molecule has 1 fully saturated rings. The Hall–Kier alpha value is -0.0400. The summed E-state index contributed by atoms with van der Waals surface area (Å²) in [5.41, 5.74) is 0. The maximum absolute atomic E-state index is 5.52.